The average Bonchev–Trinajstić information content (AvgIpc) is 3.24. The maximum atomic E-state index is 12.0. The minimum absolute atomic E-state index is 0.498. The van der Waals surface area contributed by atoms with Gasteiger partial charge in [0.15, 0.2) is 0 Å². The second kappa shape index (κ2) is 6.61. The molecule has 1 aliphatic rings. The topological polar surface area (TPSA) is 67.8 Å². The van der Waals surface area contributed by atoms with E-state index in [0.29, 0.717) is 0 Å². The third kappa shape index (κ3) is 4.32. The van der Waals surface area contributed by atoms with Gasteiger partial charge in [-0.3, -0.25) is 0 Å². The third-order valence-electron chi connectivity index (χ3n) is 3.79. The van der Waals surface area contributed by atoms with Crippen LogP contribution < -0.4 is 10.1 Å². The molecule has 1 aromatic rings. The van der Waals surface area contributed by atoms with Crippen molar-refractivity contribution in [1.82, 2.24) is 5.32 Å². The van der Waals surface area contributed by atoms with Crippen LogP contribution in [0.2, 0.25) is 0 Å². The quantitative estimate of drug-likeness (QED) is 0.804. The van der Waals surface area contributed by atoms with Crippen LogP contribution >= 0.6 is 11.8 Å². The molecular formula is C17H25NO4S. The zero-order chi connectivity index (χ0) is 17.3. The van der Waals surface area contributed by atoms with Crippen molar-refractivity contribution in [3.8, 4) is 5.75 Å². The second-order valence-electron chi connectivity index (χ2n) is 6.80. The predicted molar refractivity (Wildman–Crippen MR) is 91.1 cm³/mol. The molecule has 0 radical (unpaired) electrons. The molecule has 1 saturated carbocycles. The predicted octanol–water partition coefficient (Wildman–Crippen LogP) is 3.51. The number of nitrogens with one attached hydrogen (secondary N) is 1. The Labute approximate surface area is 141 Å². The van der Waals surface area contributed by atoms with Gasteiger partial charge < -0.3 is 19.9 Å². The zero-order valence-electron chi connectivity index (χ0n) is 14.3. The largest absolute Gasteiger partial charge is 0.496 e. The highest BCUT2D eigenvalue weighted by molar-refractivity contribution is 7.98. The highest BCUT2D eigenvalue weighted by Crippen LogP contribution is 2.47. The van der Waals surface area contributed by atoms with Crippen LogP contribution in [0.15, 0.2) is 23.1 Å². The molecular weight excluding hydrogens is 314 g/mol. The molecule has 128 valence electrons. The summed E-state index contributed by atoms with van der Waals surface area (Å²) in [5.74, 6) is 0.724. The number of methoxy groups -OCH3 is 1. The summed E-state index contributed by atoms with van der Waals surface area (Å²) in [6.07, 6.45) is 2.13. The second-order valence-corrected chi connectivity index (χ2v) is 7.65. The van der Waals surface area contributed by atoms with E-state index in [1.54, 1.807) is 18.9 Å². The number of carbonyl (C=O) groups is 1. The Morgan fingerprint density at radius 3 is 2.52 bits per heavy atom. The van der Waals surface area contributed by atoms with E-state index in [0.717, 1.165) is 29.1 Å². The van der Waals surface area contributed by atoms with Gasteiger partial charge in [0.2, 0.25) is 0 Å². The van der Waals surface area contributed by atoms with Crippen molar-refractivity contribution in [1.29, 1.82) is 0 Å². The van der Waals surface area contributed by atoms with E-state index in [-0.39, 0.29) is 0 Å². The maximum absolute atomic E-state index is 12.0. The average molecular weight is 339 g/mol. The number of hydrogen-bond acceptors (Lipinski definition) is 5. The van der Waals surface area contributed by atoms with E-state index in [4.69, 9.17) is 9.47 Å². The minimum Gasteiger partial charge on any atom is -0.496 e. The summed E-state index contributed by atoms with van der Waals surface area (Å²) in [6, 6.07) is 5.62. The van der Waals surface area contributed by atoms with Crippen molar-refractivity contribution in [2.24, 2.45) is 0 Å². The van der Waals surface area contributed by atoms with Gasteiger partial charge in [0, 0.05) is 4.90 Å². The van der Waals surface area contributed by atoms with Crippen molar-refractivity contribution in [2.75, 3.05) is 13.4 Å². The summed E-state index contributed by atoms with van der Waals surface area (Å²) < 4.78 is 10.7. The normalized spacial score (nSPS) is 17.3. The summed E-state index contributed by atoms with van der Waals surface area (Å²) in [7, 11) is 1.61. The molecule has 1 unspecified atom stereocenters. The molecule has 1 fully saturated rings. The Kier molecular flexibility index (Phi) is 5.16. The fourth-order valence-corrected chi connectivity index (χ4v) is 3.00. The molecule has 1 atom stereocenters. The van der Waals surface area contributed by atoms with Crippen LogP contribution in [0.25, 0.3) is 0 Å². The first-order valence-electron chi connectivity index (χ1n) is 7.62. The van der Waals surface area contributed by atoms with Crippen LogP contribution in [0.4, 0.5) is 4.79 Å². The number of thioether (sulfide) groups is 1. The molecule has 0 spiro atoms. The number of benzene rings is 1. The van der Waals surface area contributed by atoms with Crippen LogP contribution in [0.3, 0.4) is 0 Å². The highest BCUT2D eigenvalue weighted by Gasteiger charge is 2.51. The first-order valence-corrected chi connectivity index (χ1v) is 8.84. The van der Waals surface area contributed by atoms with Crippen LogP contribution in [-0.4, -0.2) is 35.7 Å². The van der Waals surface area contributed by atoms with E-state index >= 15 is 0 Å². The lowest BCUT2D eigenvalue weighted by atomic mass is 10.00. The summed E-state index contributed by atoms with van der Waals surface area (Å²) in [4.78, 5) is 13.0. The van der Waals surface area contributed by atoms with Gasteiger partial charge in [-0.15, -0.1) is 11.8 Å². The lowest BCUT2D eigenvalue weighted by molar-refractivity contribution is 0.0393. The summed E-state index contributed by atoms with van der Waals surface area (Å²) in [5, 5.41) is 13.5. The summed E-state index contributed by atoms with van der Waals surface area (Å²) in [5.41, 5.74) is -0.476. The Bertz CT molecular complexity index is 578. The fraction of sp³-hybridized carbons (Fsp3) is 0.588. The van der Waals surface area contributed by atoms with Gasteiger partial charge in [0.05, 0.1) is 12.6 Å². The van der Waals surface area contributed by atoms with Crippen molar-refractivity contribution in [3.63, 3.8) is 0 Å². The molecule has 5 nitrogen and oxygen atoms in total. The van der Waals surface area contributed by atoms with E-state index < -0.39 is 23.3 Å². The van der Waals surface area contributed by atoms with E-state index in [1.165, 1.54) is 0 Å². The van der Waals surface area contributed by atoms with Crippen LogP contribution in [0.1, 0.15) is 45.3 Å². The standard InChI is InChI=1S/C17H25NO4S/c1-16(2,3)22-15(20)18-17(8-9-17)14(19)11-6-7-13(23-5)12(10-11)21-4/h6-7,10,14,19H,8-9H2,1-5H3,(H,18,20). The van der Waals surface area contributed by atoms with Crippen LogP contribution in [0, 0.1) is 0 Å². The van der Waals surface area contributed by atoms with Gasteiger partial charge in [0.1, 0.15) is 17.5 Å². The smallest absolute Gasteiger partial charge is 0.408 e. The van der Waals surface area contributed by atoms with Crippen LogP contribution in [-0.2, 0) is 4.74 Å². The molecule has 1 amide bonds. The van der Waals surface area contributed by atoms with E-state index in [1.807, 2.05) is 45.2 Å². The molecule has 1 aliphatic carbocycles. The monoisotopic (exact) mass is 339 g/mol. The van der Waals surface area contributed by atoms with Gasteiger partial charge in [-0.1, -0.05) is 6.07 Å². The van der Waals surface area contributed by atoms with Gasteiger partial charge in [-0.25, -0.2) is 4.79 Å². The molecule has 2 rings (SSSR count). The third-order valence-corrected chi connectivity index (χ3v) is 4.56. The number of amides is 1. The summed E-state index contributed by atoms with van der Waals surface area (Å²) in [6.45, 7) is 5.44. The number of hydrogen-bond donors (Lipinski definition) is 2. The Hall–Kier alpha value is -1.40. The van der Waals surface area contributed by atoms with Crippen molar-refractivity contribution < 1.29 is 19.4 Å². The number of aliphatic hydroxyl groups excluding tert-OH is 1. The molecule has 6 heteroatoms. The van der Waals surface area contributed by atoms with E-state index in [2.05, 4.69) is 5.32 Å². The number of carbonyl (C=O) groups excluding carboxylic acids is 1. The molecule has 0 bridgehead atoms. The van der Waals surface area contributed by atoms with Gasteiger partial charge in [0.25, 0.3) is 0 Å². The number of ether oxygens (including phenoxy) is 2. The van der Waals surface area contributed by atoms with Crippen molar-refractivity contribution in [3.05, 3.63) is 23.8 Å². The molecule has 0 saturated heterocycles. The SMILES string of the molecule is COc1cc(C(O)C2(NC(=O)OC(C)(C)C)CC2)ccc1SC. The zero-order valence-corrected chi connectivity index (χ0v) is 15.1. The number of rotatable bonds is 5. The Morgan fingerprint density at radius 2 is 2.04 bits per heavy atom. The first kappa shape index (κ1) is 17.9. The van der Waals surface area contributed by atoms with Crippen LogP contribution in [0.5, 0.6) is 5.75 Å². The molecule has 2 N–H and O–H groups in total. The van der Waals surface area contributed by atoms with Gasteiger partial charge in [-0.2, -0.15) is 0 Å². The number of aliphatic hydroxyl groups is 1. The fourth-order valence-electron chi connectivity index (χ4n) is 2.45. The maximum Gasteiger partial charge on any atom is 0.408 e. The van der Waals surface area contributed by atoms with Gasteiger partial charge in [-0.05, 0) is 57.6 Å². The lowest BCUT2D eigenvalue weighted by Crippen LogP contribution is -2.44. The van der Waals surface area contributed by atoms with Crippen molar-refractivity contribution in [2.45, 2.75) is 55.8 Å². The first-order chi connectivity index (χ1) is 10.7. The van der Waals surface area contributed by atoms with E-state index in [9.17, 15) is 9.90 Å². The minimum atomic E-state index is -0.792. The highest BCUT2D eigenvalue weighted by atomic mass is 32.2. The van der Waals surface area contributed by atoms with Crippen molar-refractivity contribution >= 4 is 17.9 Å². The van der Waals surface area contributed by atoms with Gasteiger partial charge >= 0.3 is 6.09 Å². The summed E-state index contributed by atoms with van der Waals surface area (Å²) >= 11 is 1.58. The number of alkyl carbamates (subject to hydrolysis) is 1. The molecule has 0 aliphatic heterocycles. The molecule has 0 aromatic heterocycles. The molecule has 23 heavy (non-hydrogen) atoms. The Morgan fingerprint density at radius 1 is 1.39 bits per heavy atom. The molecule has 1 aromatic carbocycles. The molecule has 0 heterocycles. The lowest BCUT2D eigenvalue weighted by Gasteiger charge is -2.27. The Balaban J connectivity index is 2.13.